The lowest BCUT2D eigenvalue weighted by molar-refractivity contribution is -0.113. The minimum absolute atomic E-state index is 0.102. The number of aromatic nitrogens is 2. The standard InChI is InChI=1S/C24H25N3O5S/c1-3-31-14-6-13-27-23(29)22-21(18-7-4-5-8-19(18)32-22)26-24(27)33-15-20(28)25-16-9-11-17(30-2)12-10-16/h4-5,7-12H,3,6,13-15H2,1-2H3,(H,25,28). The molecule has 9 heteroatoms. The normalized spacial score (nSPS) is 11.2. The Bertz CT molecular complexity index is 1310. The van der Waals surface area contributed by atoms with E-state index in [1.807, 2.05) is 31.2 Å². The Hall–Kier alpha value is -3.30. The van der Waals surface area contributed by atoms with E-state index in [-0.39, 0.29) is 22.8 Å². The van der Waals surface area contributed by atoms with E-state index >= 15 is 0 Å². The highest BCUT2D eigenvalue weighted by molar-refractivity contribution is 7.99. The lowest BCUT2D eigenvalue weighted by Gasteiger charge is -2.12. The van der Waals surface area contributed by atoms with Gasteiger partial charge in [0, 0.05) is 30.8 Å². The fourth-order valence-corrected chi connectivity index (χ4v) is 4.25. The number of furan rings is 1. The number of methoxy groups -OCH3 is 1. The number of nitrogens with zero attached hydrogens (tertiary/aromatic N) is 2. The molecule has 4 aromatic rings. The van der Waals surface area contributed by atoms with Crippen molar-refractivity contribution < 1.29 is 18.7 Å². The predicted molar refractivity (Wildman–Crippen MR) is 129 cm³/mol. The van der Waals surface area contributed by atoms with Gasteiger partial charge in [-0.05, 0) is 49.7 Å². The summed E-state index contributed by atoms with van der Waals surface area (Å²) in [7, 11) is 1.59. The van der Waals surface area contributed by atoms with Crippen LogP contribution in [-0.4, -0.2) is 41.5 Å². The minimum Gasteiger partial charge on any atom is -0.497 e. The maximum atomic E-state index is 13.2. The van der Waals surface area contributed by atoms with Gasteiger partial charge < -0.3 is 19.2 Å². The van der Waals surface area contributed by atoms with Gasteiger partial charge in [-0.25, -0.2) is 4.98 Å². The molecule has 2 aromatic heterocycles. The lowest BCUT2D eigenvalue weighted by Crippen LogP contribution is -2.24. The van der Waals surface area contributed by atoms with Gasteiger partial charge in [0.2, 0.25) is 11.5 Å². The number of hydrogen-bond acceptors (Lipinski definition) is 7. The maximum Gasteiger partial charge on any atom is 0.297 e. The van der Waals surface area contributed by atoms with E-state index in [9.17, 15) is 9.59 Å². The number of thioether (sulfide) groups is 1. The monoisotopic (exact) mass is 467 g/mol. The number of carbonyl (C=O) groups excluding carboxylic acids is 1. The van der Waals surface area contributed by atoms with E-state index in [4.69, 9.17) is 18.9 Å². The minimum atomic E-state index is -0.259. The van der Waals surface area contributed by atoms with Gasteiger partial charge in [-0.3, -0.25) is 14.2 Å². The number of ether oxygens (including phenoxy) is 2. The molecule has 0 spiro atoms. The van der Waals surface area contributed by atoms with Crippen LogP contribution in [-0.2, 0) is 16.1 Å². The van der Waals surface area contributed by atoms with Crippen molar-refractivity contribution in [3.05, 3.63) is 58.9 Å². The second-order valence-electron chi connectivity index (χ2n) is 7.24. The van der Waals surface area contributed by atoms with Gasteiger partial charge in [-0.2, -0.15) is 0 Å². The smallest absolute Gasteiger partial charge is 0.297 e. The summed E-state index contributed by atoms with van der Waals surface area (Å²) in [4.78, 5) is 30.5. The van der Waals surface area contributed by atoms with Crippen molar-refractivity contribution in [1.82, 2.24) is 9.55 Å². The number of para-hydroxylation sites is 1. The molecular weight excluding hydrogens is 442 g/mol. The lowest BCUT2D eigenvalue weighted by atomic mass is 10.2. The zero-order valence-corrected chi connectivity index (χ0v) is 19.3. The van der Waals surface area contributed by atoms with Crippen LogP contribution >= 0.6 is 11.8 Å². The highest BCUT2D eigenvalue weighted by atomic mass is 32.2. The SMILES string of the molecule is CCOCCCn1c(SCC(=O)Nc2ccc(OC)cc2)nc2c(oc3ccccc32)c1=O. The average Bonchev–Trinajstić information content (AvgIpc) is 3.21. The first kappa shape index (κ1) is 22.9. The molecule has 2 heterocycles. The van der Waals surface area contributed by atoms with Gasteiger partial charge in [0.15, 0.2) is 5.16 Å². The molecule has 0 aliphatic carbocycles. The van der Waals surface area contributed by atoms with Crippen LogP contribution in [0.4, 0.5) is 5.69 Å². The Labute approximate surface area is 194 Å². The molecule has 0 bridgehead atoms. The van der Waals surface area contributed by atoms with Crippen molar-refractivity contribution in [3.8, 4) is 5.75 Å². The molecule has 172 valence electrons. The summed E-state index contributed by atoms with van der Waals surface area (Å²) in [6.45, 7) is 3.49. The Balaban J connectivity index is 1.58. The molecular formula is C24H25N3O5S. The fourth-order valence-electron chi connectivity index (χ4n) is 3.43. The van der Waals surface area contributed by atoms with Gasteiger partial charge in [0.25, 0.3) is 5.56 Å². The van der Waals surface area contributed by atoms with E-state index in [0.717, 1.165) is 5.39 Å². The second kappa shape index (κ2) is 10.5. The van der Waals surface area contributed by atoms with E-state index in [1.165, 1.54) is 11.8 Å². The molecule has 0 aliphatic heterocycles. The van der Waals surface area contributed by atoms with Gasteiger partial charge in [0.05, 0.1) is 12.9 Å². The van der Waals surface area contributed by atoms with Crippen LogP contribution in [0.1, 0.15) is 13.3 Å². The van der Waals surface area contributed by atoms with Gasteiger partial charge >= 0.3 is 0 Å². The van der Waals surface area contributed by atoms with Crippen LogP contribution in [0, 0.1) is 0 Å². The third kappa shape index (κ3) is 5.20. The molecule has 0 atom stereocenters. The van der Waals surface area contributed by atoms with Gasteiger partial charge in [0.1, 0.15) is 16.8 Å². The van der Waals surface area contributed by atoms with Crippen molar-refractivity contribution in [1.29, 1.82) is 0 Å². The van der Waals surface area contributed by atoms with Crippen LogP contribution in [0.2, 0.25) is 0 Å². The first-order valence-electron chi connectivity index (χ1n) is 10.7. The van der Waals surface area contributed by atoms with Crippen molar-refractivity contribution in [2.45, 2.75) is 25.0 Å². The summed E-state index contributed by atoms with van der Waals surface area (Å²) in [6.07, 6.45) is 0.646. The summed E-state index contributed by atoms with van der Waals surface area (Å²) in [6, 6.07) is 14.5. The summed E-state index contributed by atoms with van der Waals surface area (Å²) in [5, 5.41) is 4.10. The Morgan fingerprint density at radius 1 is 1.18 bits per heavy atom. The molecule has 8 nitrogen and oxygen atoms in total. The number of anilines is 1. The summed E-state index contributed by atoms with van der Waals surface area (Å²) in [5.74, 6) is 0.617. The number of benzene rings is 2. The highest BCUT2D eigenvalue weighted by Gasteiger charge is 2.18. The molecule has 0 fully saturated rings. The third-order valence-electron chi connectivity index (χ3n) is 5.03. The van der Waals surface area contributed by atoms with E-state index in [0.29, 0.717) is 53.9 Å². The predicted octanol–water partition coefficient (Wildman–Crippen LogP) is 4.31. The summed E-state index contributed by atoms with van der Waals surface area (Å²) >= 11 is 1.22. The van der Waals surface area contributed by atoms with Gasteiger partial charge in [-0.15, -0.1) is 0 Å². The maximum absolute atomic E-state index is 13.2. The second-order valence-corrected chi connectivity index (χ2v) is 8.19. The Kier molecular flexibility index (Phi) is 7.31. The van der Waals surface area contributed by atoms with Crippen LogP contribution in [0.5, 0.6) is 5.75 Å². The van der Waals surface area contributed by atoms with Crippen molar-refractivity contribution in [3.63, 3.8) is 0 Å². The molecule has 4 rings (SSSR count). The Morgan fingerprint density at radius 2 is 1.97 bits per heavy atom. The number of hydrogen-bond donors (Lipinski definition) is 1. The van der Waals surface area contributed by atoms with E-state index in [2.05, 4.69) is 5.32 Å². The molecule has 0 unspecified atom stereocenters. The quantitative estimate of drug-likeness (QED) is 0.211. The van der Waals surface area contributed by atoms with Crippen LogP contribution in [0.3, 0.4) is 0 Å². The molecule has 0 saturated carbocycles. The molecule has 1 N–H and O–H groups in total. The van der Waals surface area contributed by atoms with Crippen molar-refractivity contribution >= 4 is 45.4 Å². The first-order valence-corrected chi connectivity index (χ1v) is 11.7. The summed E-state index contributed by atoms with van der Waals surface area (Å²) < 4.78 is 17.9. The van der Waals surface area contributed by atoms with Gasteiger partial charge in [-0.1, -0.05) is 23.9 Å². The van der Waals surface area contributed by atoms with E-state index < -0.39 is 0 Å². The van der Waals surface area contributed by atoms with Crippen molar-refractivity contribution in [2.24, 2.45) is 0 Å². The number of rotatable bonds is 10. The van der Waals surface area contributed by atoms with Crippen LogP contribution < -0.4 is 15.6 Å². The molecule has 2 aromatic carbocycles. The van der Waals surface area contributed by atoms with Crippen molar-refractivity contribution in [2.75, 3.05) is 31.4 Å². The number of amides is 1. The van der Waals surface area contributed by atoms with E-state index in [1.54, 1.807) is 35.9 Å². The molecule has 33 heavy (non-hydrogen) atoms. The molecule has 1 amide bonds. The molecule has 0 aliphatic rings. The van der Waals surface area contributed by atoms with Crippen LogP contribution in [0.15, 0.2) is 62.9 Å². The number of nitrogens with one attached hydrogen (secondary N) is 1. The topological polar surface area (TPSA) is 95.6 Å². The summed E-state index contributed by atoms with van der Waals surface area (Å²) in [5.41, 5.74) is 1.75. The number of fused-ring (bicyclic) bond motifs is 3. The Morgan fingerprint density at radius 3 is 2.73 bits per heavy atom. The number of carbonyl (C=O) groups is 1. The average molecular weight is 468 g/mol. The first-order chi connectivity index (χ1) is 16.1. The third-order valence-corrected chi connectivity index (χ3v) is 6.00. The fraction of sp³-hybridized carbons (Fsp3) is 0.292. The molecule has 0 saturated heterocycles. The highest BCUT2D eigenvalue weighted by Crippen LogP contribution is 2.27. The van der Waals surface area contributed by atoms with Crippen LogP contribution in [0.25, 0.3) is 22.1 Å². The largest absolute Gasteiger partial charge is 0.497 e. The zero-order chi connectivity index (χ0) is 23.2. The molecule has 0 radical (unpaired) electrons. The zero-order valence-electron chi connectivity index (χ0n) is 18.5.